The minimum absolute atomic E-state index is 0.261. The quantitative estimate of drug-likeness (QED) is 0.643. The highest BCUT2D eigenvalue weighted by atomic mass is 16.5. The molecule has 92 valence electrons. The normalized spacial score (nSPS) is 10.1. The maximum atomic E-state index is 11.4. The Labute approximate surface area is 101 Å². The maximum Gasteiger partial charge on any atom is 0.315 e. The second-order valence-corrected chi connectivity index (χ2v) is 4.08. The van der Waals surface area contributed by atoms with Gasteiger partial charge in [-0.25, -0.2) is 0 Å². The van der Waals surface area contributed by atoms with Crippen molar-refractivity contribution in [3.8, 4) is 0 Å². The molecule has 1 aromatic rings. The Morgan fingerprint density at radius 1 is 1.24 bits per heavy atom. The number of methoxy groups -OCH3 is 1. The summed E-state index contributed by atoms with van der Waals surface area (Å²) in [7, 11) is 1.26. The first-order chi connectivity index (χ1) is 8.02. The van der Waals surface area contributed by atoms with Crippen molar-refractivity contribution in [3.05, 3.63) is 29.8 Å². The van der Waals surface area contributed by atoms with Gasteiger partial charge in [-0.15, -0.1) is 0 Å². The summed E-state index contributed by atoms with van der Waals surface area (Å²) in [5, 5.41) is 2.63. The minimum atomic E-state index is -0.540. The third-order valence-corrected chi connectivity index (χ3v) is 2.39. The topological polar surface area (TPSA) is 55.4 Å². The molecular formula is C13H17NO3. The lowest BCUT2D eigenvalue weighted by atomic mass is 10.0. The summed E-state index contributed by atoms with van der Waals surface area (Å²) in [5.74, 6) is -0.453. The van der Waals surface area contributed by atoms with E-state index in [1.807, 2.05) is 24.3 Å². The van der Waals surface area contributed by atoms with E-state index in [1.165, 1.54) is 12.7 Å². The molecule has 0 aliphatic heterocycles. The Hall–Kier alpha value is -1.84. The predicted molar refractivity (Wildman–Crippen MR) is 65.8 cm³/mol. The van der Waals surface area contributed by atoms with Crippen molar-refractivity contribution in [2.24, 2.45) is 0 Å². The average molecular weight is 235 g/mol. The number of hydrogen-bond acceptors (Lipinski definition) is 3. The van der Waals surface area contributed by atoms with E-state index in [4.69, 9.17) is 0 Å². The van der Waals surface area contributed by atoms with Crippen LogP contribution in [0, 0.1) is 0 Å². The van der Waals surface area contributed by atoms with Gasteiger partial charge in [0.1, 0.15) is 6.42 Å². The molecule has 1 amide bonds. The summed E-state index contributed by atoms with van der Waals surface area (Å²) < 4.78 is 4.41. The molecule has 0 bridgehead atoms. The largest absolute Gasteiger partial charge is 0.469 e. The van der Waals surface area contributed by atoms with Crippen molar-refractivity contribution < 1.29 is 14.3 Å². The molecule has 0 aliphatic rings. The van der Waals surface area contributed by atoms with Crippen LogP contribution < -0.4 is 5.32 Å². The van der Waals surface area contributed by atoms with Crippen molar-refractivity contribution >= 4 is 17.6 Å². The molecule has 0 unspecified atom stereocenters. The van der Waals surface area contributed by atoms with Crippen LogP contribution >= 0.6 is 0 Å². The molecule has 0 aliphatic carbocycles. The number of carbonyl (C=O) groups is 2. The van der Waals surface area contributed by atoms with Crippen LogP contribution in [0.4, 0.5) is 5.69 Å². The van der Waals surface area contributed by atoms with Gasteiger partial charge in [0.25, 0.3) is 0 Å². The summed E-state index contributed by atoms with van der Waals surface area (Å²) >= 11 is 0. The van der Waals surface area contributed by atoms with Crippen molar-refractivity contribution in [3.63, 3.8) is 0 Å². The molecule has 1 rings (SSSR count). The lowest BCUT2D eigenvalue weighted by molar-refractivity contribution is -0.142. The molecule has 17 heavy (non-hydrogen) atoms. The second-order valence-electron chi connectivity index (χ2n) is 4.08. The highest BCUT2D eigenvalue weighted by Gasteiger charge is 2.09. The van der Waals surface area contributed by atoms with E-state index in [1.54, 1.807) is 0 Å². The van der Waals surface area contributed by atoms with Gasteiger partial charge in [-0.1, -0.05) is 26.0 Å². The van der Waals surface area contributed by atoms with Gasteiger partial charge in [-0.3, -0.25) is 9.59 Å². The lowest BCUT2D eigenvalue weighted by Crippen LogP contribution is -2.17. The van der Waals surface area contributed by atoms with Crippen molar-refractivity contribution in [1.29, 1.82) is 0 Å². The molecule has 0 fully saturated rings. The van der Waals surface area contributed by atoms with Crippen LogP contribution in [0.1, 0.15) is 31.7 Å². The Kier molecular flexibility index (Phi) is 4.69. The Morgan fingerprint density at radius 2 is 1.82 bits per heavy atom. The van der Waals surface area contributed by atoms with E-state index >= 15 is 0 Å². The van der Waals surface area contributed by atoms with Crippen LogP contribution in [0.15, 0.2) is 24.3 Å². The molecule has 4 nitrogen and oxygen atoms in total. The summed E-state index contributed by atoms with van der Waals surface area (Å²) in [5.41, 5.74) is 1.89. The van der Waals surface area contributed by atoms with E-state index in [9.17, 15) is 9.59 Å². The number of esters is 1. The van der Waals surface area contributed by atoms with Crippen LogP contribution in [0.25, 0.3) is 0 Å². The fourth-order valence-corrected chi connectivity index (χ4v) is 1.36. The SMILES string of the molecule is COC(=O)CC(=O)Nc1ccc(C(C)C)cc1. The standard InChI is InChI=1S/C13H17NO3/c1-9(2)10-4-6-11(7-5-10)14-12(15)8-13(16)17-3/h4-7,9H,8H2,1-3H3,(H,14,15). The molecular weight excluding hydrogens is 218 g/mol. The summed E-state index contributed by atoms with van der Waals surface area (Å²) in [6.45, 7) is 4.20. The molecule has 4 heteroatoms. The van der Waals surface area contributed by atoms with Crippen LogP contribution in [0.2, 0.25) is 0 Å². The number of ether oxygens (including phenoxy) is 1. The Bertz CT molecular complexity index is 396. The highest BCUT2D eigenvalue weighted by Crippen LogP contribution is 2.17. The van der Waals surface area contributed by atoms with Crippen molar-refractivity contribution in [1.82, 2.24) is 0 Å². The van der Waals surface area contributed by atoms with Gasteiger partial charge >= 0.3 is 5.97 Å². The van der Waals surface area contributed by atoms with Gasteiger partial charge in [-0.2, -0.15) is 0 Å². The number of anilines is 1. The number of hydrogen-bond donors (Lipinski definition) is 1. The van der Waals surface area contributed by atoms with Gasteiger partial charge in [0.2, 0.25) is 5.91 Å². The fourth-order valence-electron chi connectivity index (χ4n) is 1.36. The van der Waals surface area contributed by atoms with Gasteiger partial charge < -0.3 is 10.1 Å². The maximum absolute atomic E-state index is 11.4. The first-order valence-corrected chi connectivity index (χ1v) is 5.49. The Balaban J connectivity index is 2.57. The molecule has 0 spiro atoms. The molecule has 0 radical (unpaired) electrons. The third-order valence-electron chi connectivity index (χ3n) is 2.39. The average Bonchev–Trinajstić information content (AvgIpc) is 2.29. The van der Waals surface area contributed by atoms with E-state index in [0.29, 0.717) is 11.6 Å². The Morgan fingerprint density at radius 3 is 2.29 bits per heavy atom. The lowest BCUT2D eigenvalue weighted by Gasteiger charge is -2.08. The zero-order valence-corrected chi connectivity index (χ0v) is 10.3. The number of nitrogens with one attached hydrogen (secondary N) is 1. The zero-order valence-electron chi connectivity index (χ0n) is 10.3. The van der Waals surface area contributed by atoms with E-state index in [2.05, 4.69) is 23.9 Å². The summed E-state index contributed by atoms with van der Waals surface area (Å²) in [4.78, 5) is 22.3. The van der Waals surface area contributed by atoms with Crippen LogP contribution in [0.3, 0.4) is 0 Å². The van der Waals surface area contributed by atoms with Gasteiger partial charge in [0, 0.05) is 5.69 Å². The zero-order chi connectivity index (χ0) is 12.8. The van der Waals surface area contributed by atoms with Crippen LogP contribution in [-0.4, -0.2) is 19.0 Å². The molecule has 0 saturated carbocycles. The van der Waals surface area contributed by atoms with E-state index < -0.39 is 5.97 Å². The van der Waals surface area contributed by atoms with Gasteiger partial charge in [0.15, 0.2) is 0 Å². The van der Waals surface area contributed by atoms with Crippen LogP contribution in [-0.2, 0) is 14.3 Å². The van der Waals surface area contributed by atoms with Crippen molar-refractivity contribution in [2.75, 3.05) is 12.4 Å². The van der Waals surface area contributed by atoms with Gasteiger partial charge in [0.05, 0.1) is 7.11 Å². The first kappa shape index (κ1) is 13.2. The number of amides is 1. The second kappa shape index (κ2) is 6.03. The van der Waals surface area contributed by atoms with Gasteiger partial charge in [-0.05, 0) is 23.6 Å². The molecule has 0 saturated heterocycles. The summed E-state index contributed by atoms with van der Waals surface area (Å²) in [6, 6.07) is 7.56. The number of rotatable bonds is 4. The minimum Gasteiger partial charge on any atom is -0.469 e. The van der Waals surface area contributed by atoms with E-state index in [0.717, 1.165) is 0 Å². The smallest absolute Gasteiger partial charge is 0.315 e. The number of carbonyl (C=O) groups excluding carboxylic acids is 2. The highest BCUT2D eigenvalue weighted by molar-refractivity contribution is 6.01. The summed E-state index contributed by atoms with van der Waals surface area (Å²) in [6.07, 6.45) is -0.261. The van der Waals surface area contributed by atoms with Crippen molar-refractivity contribution in [2.45, 2.75) is 26.2 Å². The van der Waals surface area contributed by atoms with Crippen LogP contribution in [0.5, 0.6) is 0 Å². The molecule has 1 aromatic carbocycles. The van der Waals surface area contributed by atoms with E-state index in [-0.39, 0.29) is 12.3 Å². The monoisotopic (exact) mass is 235 g/mol. The molecule has 0 aromatic heterocycles. The molecule has 1 N–H and O–H groups in total. The predicted octanol–water partition coefficient (Wildman–Crippen LogP) is 2.31. The first-order valence-electron chi connectivity index (χ1n) is 5.49. The fraction of sp³-hybridized carbons (Fsp3) is 0.385. The molecule has 0 atom stereocenters. The third kappa shape index (κ3) is 4.26. The number of benzene rings is 1. The molecule has 0 heterocycles.